The molecule has 1 atom stereocenters. The second-order valence-corrected chi connectivity index (χ2v) is 7.19. The Balaban J connectivity index is 1.78. The van der Waals surface area contributed by atoms with Crippen molar-refractivity contribution in [2.24, 2.45) is 5.92 Å². The first-order chi connectivity index (χ1) is 12.9. The fourth-order valence-electron chi connectivity index (χ4n) is 3.35. The summed E-state index contributed by atoms with van der Waals surface area (Å²) in [5, 5.41) is 0. The Morgan fingerprint density at radius 1 is 1.15 bits per heavy atom. The van der Waals surface area contributed by atoms with Gasteiger partial charge in [0.2, 0.25) is 5.91 Å². The van der Waals surface area contributed by atoms with Crippen molar-refractivity contribution in [2.45, 2.75) is 33.1 Å². The Morgan fingerprint density at radius 3 is 2.59 bits per heavy atom. The number of rotatable bonds is 5. The van der Waals surface area contributed by atoms with Crippen molar-refractivity contribution in [2.75, 3.05) is 18.6 Å². The molecule has 0 N–H and O–H groups in total. The molecule has 0 unspecified atom stereocenters. The highest BCUT2D eigenvalue weighted by molar-refractivity contribution is 6.00. The first-order valence-corrected chi connectivity index (χ1v) is 9.16. The first-order valence-electron chi connectivity index (χ1n) is 9.16. The number of carbonyl (C=O) groups excluding carboxylic acids is 2. The van der Waals surface area contributed by atoms with Gasteiger partial charge in [-0.1, -0.05) is 38.1 Å². The lowest BCUT2D eigenvalue weighted by atomic mass is 10.0. The third-order valence-electron chi connectivity index (χ3n) is 4.84. The Bertz CT molecular complexity index is 859. The number of benzene rings is 2. The van der Waals surface area contributed by atoms with Gasteiger partial charge < -0.3 is 14.4 Å². The molecule has 5 nitrogen and oxygen atoms in total. The molecule has 3 rings (SSSR count). The molecule has 2 aromatic carbocycles. The van der Waals surface area contributed by atoms with Gasteiger partial charge in [-0.2, -0.15) is 0 Å². The van der Waals surface area contributed by atoms with E-state index < -0.39 is 5.92 Å². The van der Waals surface area contributed by atoms with E-state index in [9.17, 15) is 9.59 Å². The van der Waals surface area contributed by atoms with Crippen LogP contribution in [0.2, 0.25) is 0 Å². The lowest BCUT2D eigenvalue weighted by Crippen LogP contribution is -2.27. The normalized spacial score (nSPS) is 16.7. The summed E-state index contributed by atoms with van der Waals surface area (Å²) in [6.45, 7) is 6.37. The lowest BCUT2D eigenvalue weighted by molar-refractivity contribution is -0.139. The maximum absolute atomic E-state index is 12.7. The molecule has 1 aliphatic rings. The zero-order valence-corrected chi connectivity index (χ0v) is 16.2. The Labute approximate surface area is 159 Å². The number of para-hydroxylation sites is 2. The van der Waals surface area contributed by atoms with Crippen molar-refractivity contribution in [1.29, 1.82) is 0 Å². The van der Waals surface area contributed by atoms with Crippen molar-refractivity contribution in [3.63, 3.8) is 0 Å². The molecule has 0 spiro atoms. The fraction of sp³-hybridized carbons (Fsp3) is 0.364. The molecule has 0 aromatic heterocycles. The van der Waals surface area contributed by atoms with E-state index in [4.69, 9.17) is 9.47 Å². The standard InChI is InChI=1S/C22H25NO4/c1-14(2)17-10-9-15(3)11-20(17)27-22(25)16-12-21(24)23(13-16)18-7-5-6-8-19(18)26-4/h5-11,14,16H,12-13H2,1-4H3/t16-/m0/s1. The number of ether oxygens (including phenoxy) is 2. The van der Waals surface area contributed by atoms with Crippen LogP contribution in [0.3, 0.4) is 0 Å². The third-order valence-corrected chi connectivity index (χ3v) is 4.84. The van der Waals surface area contributed by atoms with Gasteiger partial charge in [0.25, 0.3) is 0 Å². The van der Waals surface area contributed by atoms with Gasteiger partial charge in [0.05, 0.1) is 18.7 Å². The molecule has 5 heteroatoms. The van der Waals surface area contributed by atoms with Gasteiger partial charge in [0.1, 0.15) is 11.5 Å². The molecule has 0 saturated carbocycles. The molecule has 142 valence electrons. The topological polar surface area (TPSA) is 55.8 Å². The van der Waals surface area contributed by atoms with E-state index in [0.29, 0.717) is 23.7 Å². The number of nitrogens with zero attached hydrogens (tertiary/aromatic N) is 1. The number of esters is 1. The summed E-state index contributed by atoms with van der Waals surface area (Å²) in [5.41, 5.74) is 2.69. The van der Waals surface area contributed by atoms with Crippen LogP contribution >= 0.6 is 0 Å². The van der Waals surface area contributed by atoms with E-state index >= 15 is 0 Å². The minimum absolute atomic E-state index is 0.102. The number of anilines is 1. The highest BCUT2D eigenvalue weighted by atomic mass is 16.5. The highest BCUT2D eigenvalue weighted by Gasteiger charge is 2.37. The van der Waals surface area contributed by atoms with Crippen LogP contribution in [0.5, 0.6) is 11.5 Å². The Kier molecular flexibility index (Phi) is 5.49. The van der Waals surface area contributed by atoms with Crippen LogP contribution in [0, 0.1) is 12.8 Å². The summed E-state index contributed by atoms with van der Waals surface area (Å²) in [7, 11) is 1.57. The molecular weight excluding hydrogens is 342 g/mol. The number of methoxy groups -OCH3 is 1. The summed E-state index contributed by atoms with van der Waals surface area (Å²) < 4.78 is 11.1. The monoisotopic (exact) mass is 367 g/mol. The molecule has 1 heterocycles. The predicted octanol–water partition coefficient (Wildman–Crippen LogP) is 4.09. The van der Waals surface area contributed by atoms with Crippen LogP contribution in [0.25, 0.3) is 0 Å². The molecule has 0 bridgehead atoms. The van der Waals surface area contributed by atoms with Crippen LogP contribution in [0.4, 0.5) is 5.69 Å². The van der Waals surface area contributed by atoms with E-state index in [1.807, 2.05) is 43.3 Å². The summed E-state index contributed by atoms with van der Waals surface area (Å²) >= 11 is 0. The van der Waals surface area contributed by atoms with E-state index in [2.05, 4.69) is 13.8 Å². The lowest BCUT2D eigenvalue weighted by Gasteiger charge is -2.19. The molecule has 1 amide bonds. The van der Waals surface area contributed by atoms with Crippen LogP contribution in [-0.2, 0) is 9.59 Å². The van der Waals surface area contributed by atoms with Gasteiger partial charge in [0.15, 0.2) is 0 Å². The average molecular weight is 367 g/mol. The number of aryl methyl sites for hydroxylation is 1. The second kappa shape index (κ2) is 7.82. The SMILES string of the molecule is COc1ccccc1N1C[C@@H](C(=O)Oc2cc(C)ccc2C(C)C)CC1=O. The molecular formula is C22H25NO4. The maximum Gasteiger partial charge on any atom is 0.316 e. The molecule has 2 aromatic rings. The average Bonchev–Trinajstić information content (AvgIpc) is 3.03. The van der Waals surface area contributed by atoms with Gasteiger partial charge in [-0.05, 0) is 42.2 Å². The van der Waals surface area contributed by atoms with Crippen molar-refractivity contribution >= 4 is 17.6 Å². The quantitative estimate of drug-likeness (QED) is 0.590. The largest absolute Gasteiger partial charge is 0.495 e. The number of hydrogen-bond donors (Lipinski definition) is 0. The number of amides is 1. The van der Waals surface area contributed by atoms with Crippen LogP contribution in [0.1, 0.15) is 37.3 Å². The van der Waals surface area contributed by atoms with Crippen molar-refractivity contribution < 1.29 is 19.1 Å². The minimum atomic E-state index is -0.497. The van der Waals surface area contributed by atoms with E-state index in [0.717, 1.165) is 11.1 Å². The van der Waals surface area contributed by atoms with Gasteiger partial charge in [-0.15, -0.1) is 0 Å². The van der Waals surface area contributed by atoms with Gasteiger partial charge >= 0.3 is 5.97 Å². The van der Waals surface area contributed by atoms with Gasteiger partial charge in [-0.25, -0.2) is 0 Å². The summed E-state index contributed by atoms with van der Waals surface area (Å²) in [6.07, 6.45) is 0.139. The third kappa shape index (κ3) is 3.97. The molecule has 1 aliphatic heterocycles. The van der Waals surface area contributed by atoms with Crippen LogP contribution in [-0.4, -0.2) is 25.5 Å². The summed E-state index contributed by atoms with van der Waals surface area (Å²) in [4.78, 5) is 26.8. The maximum atomic E-state index is 12.7. The molecule has 1 fully saturated rings. The van der Waals surface area contributed by atoms with E-state index in [1.165, 1.54) is 0 Å². The zero-order valence-electron chi connectivity index (χ0n) is 16.2. The van der Waals surface area contributed by atoms with Gasteiger partial charge in [-0.3, -0.25) is 9.59 Å². The van der Waals surface area contributed by atoms with Crippen molar-refractivity contribution in [1.82, 2.24) is 0 Å². The van der Waals surface area contributed by atoms with E-state index in [1.54, 1.807) is 18.1 Å². The smallest absolute Gasteiger partial charge is 0.316 e. The molecule has 1 saturated heterocycles. The molecule has 27 heavy (non-hydrogen) atoms. The van der Waals surface area contributed by atoms with Crippen molar-refractivity contribution in [3.8, 4) is 11.5 Å². The number of hydrogen-bond acceptors (Lipinski definition) is 4. The first kappa shape index (κ1) is 19.0. The van der Waals surface area contributed by atoms with Gasteiger partial charge in [0, 0.05) is 13.0 Å². The second-order valence-electron chi connectivity index (χ2n) is 7.19. The summed E-state index contributed by atoms with van der Waals surface area (Å²) in [6, 6.07) is 13.2. The predicted molar refractivity (Wildman–Crippen MR) is 104 cm³/mol. The molecule has 0 aliphatic carbocycles. The van der Waals surface area contributed by atoms with E-state index in [-0.39, 0.29) is 24.2 Å². The van der Waals surface area contributed by atoms with Crippen molar-refractivity contribution in [3.05, 3.63) is 53.6 Å². The zero-order chi connectivity index (χ0) is 19.6. The Hall–Kier alpha value is -2.82. The Morgan fingerprint density at radius 2 is 1.89 bits per heavy atom. The minimum Gasteiger partial charge on any atom is -0.495 e. The number of carbonyl (C=O) groups is 2. The van der Waals surface area contributed by atoms with Crippen LogP contribution in [0.15, 0.2) is 42.5 Å². The summed E-state index contributed by atoms with van der Waals surface area (Å²) in [5.74, 6) is 0.466. The molecule has 0 radical (unpaired) electrons. The fourth-order valence-corrected chi connectivity index (χ4v) is 3.35. The van der Waals surface area contributed by atoms with Crippen LogP contribution < -0.4 is 14.4 Å². The highest BCUT2D eigenvalue weighted by Crippen LogP contribution is 2.34.